The van der Waals surface area contributed by atoms with Gasteiger partial charge in [0, 0.05) is 5.69 Å². The number of nitrogens with one attached hydrogen (secondary N) is 2. The average molecular weight is 441 g/mol. The molecule has 0 spiro atoms. The highest BCUT2D eigenvalue weighted by Crippen LogP contribution is 2.22. The number of nitrogens with zero attached hydrogens (tertiary/aromatic N) is 1. The van der Waals surface area contributed by atoms with E-state index in [9.17, 15) is 19.2 Å². The number of para-hydroxylation sites is 2. The first-order chi connectivity index (χ1) is 16.0. The first-order valence-electron chi connectivity index (χ1n) is 10.1. The van der Waals surface area contributed by atoms with Gasteiger partial charge in [-0.15, -0.1) is 0 Å². The molecule has 0 aromatic heterocycles. The third-order valence-corrected chi connectivity index (χ3v) is 4.73. The summed E-state index contributed by atoms with van der Waals surface area (Å²) in [6.07, 6.45) is 1.39. The van der Waals surface area contributed by atoms with Crippen LogP contribution in [-0.4, -0.2) is 30.4 Å². The summed E-state index contributed by atoms with van der Waals surface area (Å²) in [5.41, 5.74) is 1.41. The summed E-state index contributed by atoms with van der Waals surface area (Å²) in [4.78, 5) is 50.2. The number of urea groups is 1. The second kappa shape index (κ2) is 9.61. The van der Waals surface area contributed by atoms with Crippen molar-refractivity contribution in [2.75, 3.05) is 16.8 Å². The van der Waals surface area contributed by atoms with Gasteiger partial charge in [-0.2, -0.15) is 0 Å². The van der Waals surface area contributed by atoms with Crippen molar-refractivity contribution >= 4 is 41.2 Å². The predicted octanol–water partition coefficient (Wildman–Crippen LogP) is 3.37. The van der Waals surface area contributed by atoms with Gasteiger partial charge >= 0.3 is 6.03 Å². The summed E-state index contributed by atoms with van der Waals surface area (Å²) in [7, 11) is 0. The van der Waals surface area contributed by atoms with E-state index in [4.69, 9.17) is 4.74 Å². The Morgan fingerprint density at radius 2 is 1.52 bits per heavy atom. The molecule has 1 heterocycles. The van der Waals surface area contributed by atoms with Crippen LogP contribution in [0.4, 0.5) is 16.2 Å². The zero-order valence-electron chi connectivity index (χ0n) is 17.4. The molecule has 1 aliphatic heterocycles. The molecule has 1 aliphatic rings. The molecule has 0 radical (unpaired) electrons. The van der Waals surface area contributed by atoms with Crippen LogP contribution in [0.5, 0.6) is 5.75 Å². The number of benzene rings is 3. The van der Waals surface area contributed by atoms with Crippen LogP contribution in [0.1, 0.15) is 5.56 Å². The van der Waals surface area contributed by atoms with E-state index >= 15 is 0 Å². The molecule has 5 amide bonds. The molecule has 4 rings (SSSR count). The van der Waals surface area contributed by atoms with Crippen molar-refractivity contribution < 1.29 is 23.9 Å². The molecule has 164 valence electrons. The quantitative estimate of drug-likeness (QED) is 0.451. The van der Waals surface area contributed by atoms with Crippen LogP contribution in [0.3, 0.4) is 0 Å². The molecular weight excluding hydrogens is 422 g/mol. The molecule has 0 unspecified atom stereocenters. The minimum atomic E-state index is -0.800. The van der Waals surface area contributed by atoms with Crippen molar-refractivity contribution in [3.8, 4) is 5.75 Å². The Bertz CT molecular complexity index is 1220. The smallest absolute Gasteiger partial charge is 0.335 e. The number of hydrogen-bond donors (Lipinski definition) is 2. The van der Waals surface area contributed by atoms with E-state index in [-0.39, 0.29) is 18.1 Å². The number of carbonyl (C=O) groups excluding carboxylic acids is 4. The van der Waals surface area contributed by atoms with Crippen LogP contribution in [0, 0.1) is 0 Å². The molecule has 3 aromatic rings. The van der Waals surface area contributed by atoms with Crippen LogP contribution in [0.25, 0.3) is 6.08 Å². The fourth-order valence-electron chi connectivity index (χ4n) is 3.16. The lowest BCUT2D eigenvalue weighted by Gasteiger charge is -2.26. The van der Waals surface area contributed by atoms with Crippen molar-refractivity contribution in [2.45, 2.75) is 0 Å². The van der Waals surface area contributed by atoms with Crippen LogP contribution in [0.15, 0.2) is 90.5 Å². The molecule has 0 atom stereocenters. The highest BCUT2D eigenvalue weighted by molar-refractivity contribution is 6.39. The van der Waals surface area contributed by atoms with E-state index in [0.717, 1.165) is 4.90 Å². The molecule has 33 heavy (non-hydrogen) atoms. The first kappa shape index (κ1) is 21.5. The topological polar surface area (TPSA) is 105 Å². The largest absolute Gasteiger partial charge is 0.484 e. The maximum Gasteiger partial charge on any atom is 0.335 e. The van der Waals surface area contributed by atoms with Crippen LogP contribution in [0.2, 0.25) is 0 Å². The number of amides is 5. The van der Waals surface area contributed by atoms with E-state index in [0.29, 0.717) is 22.7 Å². The number of rotatable bonds is 6. The molecule has 8 nitrogen and oxygen atoms in total. The zero-order chi connectivity index (χ0) is 23.2. The van der Waals surface area contributed by atoms with E-state index in [1.54, 1.807) is 66.7 Å². The Morgan fingerprint density at radius 3 is 2.18 bits per heavy atom. The normalized spacial score (nSPS) is 14.7. The van der Waals surface area contributed by atoms with Gasteiger partial charge in [0.05, 0.1) is 5.69 Å². The lowest BCUT2D eigenvalue weighted by atomic mass is 10.1. The molecule has 0 aliphatic carbocycles. The van der Waals surface area contributed by atoms with Gasteiger partial charge in [0.1, 0.15) is 11.3 Å². The van der Waals surface area contributed by atoms with E-state index < -0.39 is 17.8 Å². The maximum absolute atomic E-state index is 12.9. The van der Waals surface area contributed by atoms with Gasteiger partial charge in [0.15, 0.2) is 6.61 Å². The lowest BCUT2D eigenvalue weighted by Crippen LogP contribution is -2.54. The van der Waals surface area contributed by atoms with E-state index in [1.807, 2.05) is 18.2 Å². The zero-order valence-corrected chi connectivity index (χ0v) is 17.4. The Labute approximate surface area is 189 Å². The van der Waals surface area contributed by atoms with Gasteiger partial charge in [-0.3, -0.25) is 19.7 Å². The maximum atomic E-state index is 12.9. The molecule has 0 bridgehead atoms. The molecular formula is C25H19N3O5. The van der Waals surface area contributed by atoms with Gasteiger partial charge in [-0.1, -0.05) is 48.5 Å². The number of barbiturate groups is 1. The summed E-state index contributed by atoms with van der Waals surface area (Å²) >= 11 is 0. The fraction of sp³-hybridized carbons (Fsp3) is 0.0400. The Hall–Kier alpha value is -4.72. The summed E-state index contributed by atoms with van der Waals surface area (Å²) in [5.74, 6) is -1.34. The molecule has 8 heteroatoms. The third kappa shape index (κ3) is 5.13. The van der Waals surface area contributed by atoms with E-state index in [1.165, 1.54) is 6.08 Å². The van der Waals surface area contributed by atoms with Gasteiger partial charge in [-0.05, 0) is 48.0 Å². The SMILES string of the molecule is O=C(COc1ccc(/C=C2\C(=O)NC(=O)N(c3ccccc3)C2=O)cc1)Nc1ccccc1. The standard InChI is InChI=1S/C25H19N3O5/c29-22(26-18-7-3-1-4-8-18)16-33-20-13-11-17(12-14-20)15-21-23(30)27-25(32)28(24(21)31)19-9-5-2-6-10-19/h1-15H,16H2,(H,26,29)(H,27,30,32)/b21-15+. The predicted molar refractivity (Wildman–Crippen MR) is 122 cm³/mol. The lowest BCUT2D eigenvalue weighted by molar-refractivity contribution is -0.122. The van der Waals surface area contributed by atoms with Crippen LogP contribution >= 0.6 is 0 Å². The highest BCUT2D eigenvalue weighted by atomic mass is 16.5. The second-order valence-electron chi connectivity index (χ2n) is 7.07. The number of ether oxygens (including phenoxy) is 1. The number of carbonyl (C=O) groups is 4. The monoisotopic (exact) mass is 441 g/mol. The summed E-state index contributed by atoms with van der Waals surface area (Å²) in [5, 5.41) is 4.90. The summed E-state index contributed by atoms with van der Waals surface area (Å²) in [6.45, 7) is -0.176. The Balaban J connectivity index is 1.43. The van der Waals surface area contributed by atoms with Gasteiger partial charge in [0.25, 0.3) is 17.7 Å². The first-order valence-corrected chi connectivity index (χ1v) is 10.1. The van der Waals surface area contributed by atoms with Gasteiger partial charge < -0.3 is 10.1 Å². The van der Waals surface area contributed by atoms with Crippen LogP contribution in [-0.2, 0) is 14.4 Å². The molecule has 2 N–H and O–H groups in total. The minimum absolute atomic E-state index is 0.172. The number of hydrogen-bond acceptors (Lipinski definition) is 5. The average Bonchev–Trinajstić information content (AvgIpc) is 2.82. The Kier molecular flexibility index (Phi) is 6.26. The van der Waals surface area contributed by atoms with Crippen molar-refractivity contribution in [2.24, 2.45) is 0 Å². The van der Waals surface area contributed by atoms with Crippen molar-refractivity contribution in [3.63, 3.8) is 0 Å². The van der Waals surface area contributed by atoms with Gasteiger partial charge in [0.2, 0.25) is 0 Å². The van der Waals surface area contributed by atoms with Crippen LogP contribution < -0.4 is 20.3 Å². The van der Waals surface area contributed by atoms with Gasteiger partial charge in [-0.25, -0.2) is 9.69 Å². The number of imide groups is 2. The third-order valence-electron chi connectivity index (χ3n) is 4.73. The molecule has 1 saturated heterocycles. The second-order valence-corrected chi connectivity index (χ2v) is 7.07. The minimum Gasteiger partial charge on any atom is -0.484 e. The van der Waals surface area contributed by atoms with E-state index in [2.05, 4.69) is 10.6 Å². The molecule has 0 saturated carbocycles. The molecule has 1 fully saturated rings. The van der Waals surface area contributed by atoms with Crippen molar-refractivity contribution in [3.05, 3.63) is 96.1 Å². The van der Waals surface area contributed by atoms with Crippen molar-refractivity contribution in [1.29, 1.82) is 0 Å². The highest BCUT2D eigenvalue weighted by Gasteiger charge is 2.36. The summed E-state index contributed by atoms with van der Waals surface area (Å²) in [6, 6.07) is 23.1. The summed E-state index contributed by atoms with van der Waals surface area (Å²) < 4.78 is 5.48. The molecule has 3 aromatic carbocycles. The number of anilines is 2. The Morgan fingerprint density at radius 1 is 0.879 bits per heavy atom. The fourth-order valence-corrected chi connectivity index (χ4v) is 3.16. The van der Waals surface area contributed by atoms with Crippen molar-refractivity contribution in [1.82, 2.24) is 5.32 Å².